The fraction of sp³-hybridized carbons (Fsp3) is 0.158. The molecule has 2 aliphatic rings. The predicted molar refractivity (Wildman–Crippen MR) is 96.0 cm³/mol. The molecule has 0 atom stereocenters. The standard InChI is InChI=1S/C19H12N2O5S/c20-5-6-27-19-21-17(11-1-3-13-15(7-11)24-9-22-13)18(26-19)12-2-4-14-16(8-12)25-10-23-14/h1-4,7-8H,6,9-10H2. The molecule has 134 valence electrons. The van der Waals surface area contributed by atoms with Gasteiger partial charge in [0.25, 0.3) is 5.22 Å². The molecule has 27 heavy (non-hydrogen) atoms. The fourth-order valence-corrected chi connectivity index (χ4v) is 3.42. The number of oxazole rings is 1. The van der Waals surface area contributed by atoms with Crippen molar-refractivity contribution in [1.29, 1.82) is 5.26 Å². The van der Waals surface area contributed by atoms with E-state index in [1.807, 2.05) is 36.4 Å². The molecule has 7 nitrogen and oxygen atoms in total. The summed E-state index contributed by atoms with van der Waals surface area (Å²) >= 11 is 1.24. The first-order valence-electron chi connectivity index (χ1n) is 8.12. The van der Waals surface area contributed by atoms with Gasteiger partial charge in [0, 0.05) is 11.1 Å². The largest absolute Gasteiger partial charge is 0.454 e. The number of thioether (sulfide) groups is 1. The SMILES string of the molecule is N#CCSc1nc(-c2ccc3c(c2)OCO3)c(-c2ccc3c(c2)OCO3)o1. The van der Waals surface area contributed by atoms with E-state index in [1.165, 1.54) is 11.8 Å². The molecule has 0 unspecified atom stereocenters. The highest BCUT2D eigenvalue weighted by atomic mass is 32.2. The van der Waals surface area contributed by atoms with E-state index >= 15 is 0 Å². The quantitative estimate of drug-likeness (QED) is 0.626. The Hall–Kier alpha value is -3.31. The summed E-state index contributed by atoms with van der Waals surface area (Å²) < 4.78 is 27.7. The molecule has 2 aromatic carbocycles. The molecule has 0 amide bonds. The number of ether oxygens (including phenoxy) is 4. The molecule has 0 aliphatic carbocycles. The second-order valence-electron chi connectivity index (χ2n) is 5.74. The molecule has 0 N–H and O–H groups in total. The van der Waals surface area contributed by atoms with Crippen molar-refractivity contribution in [2.24, 2.45) is 0 Å². The first-order chi connectivity index (χ1) is 13.3. The third-order valence-electron chi connectivity index (χ3n) is 4.15. The van der Waals surface area contributed by atoms with Gasteiger partial charge in [0.05, 0.1) is 11.8 Å². The van der Waals surface area contributed by atoms with Crippen molar-refractivity contribution in [2.45, 2.75) is 5.22 Å². The molecule has 0 spiro atoms. The molecule has 5 rings (SSSR count). The average molecular weight is 380 g/mol. The van der Waals surface area contributed by atoms with Gasteiger partial charge in [0.15, 0.2) is 28.8 Å². The first-order valence-corrected chi connectivity index (χ1v) is 9.11. The van der Waals surface area contributed by atoms with E-state index < -0.39 is 0 Å². The van der Waals surface area contributed by atoms with Crippen LogP contribution in [-0.2, 0) is 0 Å². The van der Waals surface area contributed by atoms with Crippen LogP contribution in [0.2, 0.25) is 0 Å². The van der Waals surface area contributed by atoms with Crippen LogP contribution >= 0.6 is 11.8 Å². The summed E-state index contributed by atoms with van der Waals surface area (Å²) in [5, 5.41) is 9.28. The Balaban J connectivity index is 1.61. The fourth-order valence-electron chi connectivity index (χ4n) is 2.93. The van der Waals surface area contributed by atoms with E-state index in [0.717, 1.165) is 11.1 Å². The van der Waals surface area contributed by atoms with E-state index in [9.17, 15) is 0 Å². The lowest BCUT2D eigenvalue weighted by atomic mass is 10.0. The minimum absolute atomic E-state index is 0.202. The summed E-state index contributed by atoms with van der Waals surface area (Å²) in [7, 11) is 0. The molecular formula is C19H12N2O5S. The van der Waals surface area contributed by atoms with Gasteiger partial charge in [0.2, 0.25) is 13.6 Å². The van der Waals surface area contributed by atoms with Crippen LogP contribution in [-0.4, -0.2) is 24.3 Å². The van der Waals surface area contributed by atoms with Gasteiger partial charge in [-0.1, -0.05) is 11.8 Å². The van der Waals surface area contributed by atoms with Crippen molar-refractivity contribution < 1.29 is 23.4 Å². The predicted octanol–water partition coefficient (Wildman–Crippen LogP) is 4.08. The number of rotatable bonds is 4. The molecule has 0 bridgehead atoms. The second kappa shape index (κ2) is 6.45. The van der Waals surface area contributed by atoms with E-state index in [2.05, 4.69) is 11.1 Å². The van der Waals surface area contributed by atoms with Crippen LogP contribution < -0.4 is 18.9 Å². The number of nitriles is 1. The molecule has 3 heterocycles. The Morgan fingerprint density at radius 2 is 1.52 bits per heavy atom. The number of aromatic nitrogens is 1. The Morgan fingerprint density at radius 3 is 2.22 bits per heavy atom. The summed E-state index contributed by atoms with van der Waals surface area (Å²) in [6.45, 7) is 0.406. The maximum Gasteiger partial charge on any atom is 0.257 e. The summed E-state index contributed by atoms with van der Waals surface area (Å²) in [4.78, 5) is 4.59. The maximum atomic E-state index is 8.85. The summed E-state index contributed by atoms with van der Waals surface area (Å²) in [5.41, 5.74) is 2.30. The Labute approximate surface area is 158 Å². The number of hydrogen-bond acceptors (Lipinski definition) is 8. The van der Waals surface area contributed by atoms with Crippen LogP contribution in [0.4, 0.5) is 0 Å². The Bertz CT molecular complexity index is 997. The zero-order valence-corrected chi connectivity index (χ0v) is 14.7. The zero-order chi connectivity index (χ0) is 18.2. The van der Waals surface area contributed by atoms with Crippen LogP contribution in [0.5, 0.6) is 23.0 Å². The molecule has 0 saturated heterocycles. The van der Waals surface area contributed by atoms with E-state index in [1.54, 1.807) is 0 Å². The van der Waals surface area contributed by atoms with Crippen LogP contribution in [0.15, 0.2) is 46.0 Å². The van der Waals surface area contributed by atoms with E-state index in [4.69, 9.17) is 28.6 Å². The van der Waals surface area contributed by atoms with Gasteiger partial charge in [-0.05, 0) is 36.4 Å². The highest BCUT2D eigenvalue weighted by Crippen LogP contribution is 2.43. The molecule has 3 aromatic rings. The van der Waals surface area contributed by atoms with Crippen LogP contribution in [0.25, 0.3) is 22.6 Å². The van der Waals surface area contributed by atoms with E-state index in [-0.39, 0.29) is 19.3 Å². The molecule has 8 heteroatoms. The summed E-state index contributed by atoms with van der Waals surface area (Å²) in [5.74, 6) is 3.56. The Morgan fingerprint density at radius 1 is 0.889 bits per heavy atom. The van der Waals surface area contributed by atoms with Gasteiger partial charge < -0.3 is 23.4 Å². The molecular weight excluding hydrogens is 368 g/mol. The molecule has 0 saturated carbocycles. The molecule has 0 fully saturated rings. The average Bonchev–Trinajstić information content (AvgIpc) is 3.43. The summed E-state index contributed by atoms with van der Waals surface area (Å²) in [6, 6.07) is 13.3. The van der Waals surface area contributed by atoms with Crippen LogP contribution in [0.3, 0.4) is 0 Å². The third-order valence-corrected chi connectivity index (χ3v) is 4.84. The third kappa shape index (κ3) is 2.82. The minimum Gasteiger partial charge on any atom is -0.454 e. The smallest absolute Gasteiger partial charge is 0.257 e. The topological polar surface area (TPSA) is 86.7 Å². The van der Waals surface area contributed by atoms with Crippen molar-refractivity contribution in [1.82, 2.24) is 4.98 Å². The van der Waals surface area contributed by atoms with Gasteiger partial charge >= 0.3 is 0 Å². The molecule has 0 radical (unpaired) electrons. The maximum absolute atomic E-state index is 8.85. The Kier molecular flexibility index (Phi) is 3.80. The number of hydrogen-bond donors (Lipinski definition) is 0. The van der Waals surface area contributed by atoms with Crippen LogP contribution in [0.1, 0.15) is 0 Å². The van der Waals surface area contributed by atoms with Crippen molar-refractivity contribution in [3.05, 3.63) is 36.4 Å². The lowest BCUT2D eigenvalue weighted by Crippen LogP contribution is -1.92. The highest BCUT2D eigenvalue weighted by Gasteiger charge is 2.23. The lowest BCUT2D eigenvalue weighted by Gasteiger charge is -2.04. The molecule has 2 aliphatic heterocycles. The highest BCUT2D eigenvalue weighted by molar-refractivity contribution is 7.99. The lowest BCUT2D eigenvalue weighted by molar-refractivity contribution is 0.173. The van der Waals surface area contributed by atoms with Crippen molar-refractivity contribution in [3.63, 3.8) is 0 Å². The van der Waals surface area contributed by atoms with Crippen molar-refractivity contribution >= 4 is 11.8 Å². The number of fused-ring (bicyclic) bond motifs is 2. The van der Waals surface area contributed by atoms with Crippen molar-refractivity contribution in [3.8, 4) is 51.6 Å². The minimum atomic E-state index is 0.202. The second-order valence-corrected chi connectivity index (χ2v) is 6.67. The van der Waals surface area contributed by atoms with Crippen molar-refractivity contribution in [2.75, 3.05) is 19.3 Å². The molecule has 1 aromatic heterocycles. The van der Waals surface area contributed by atoms with Gasteiger partial charge in [0.1, 0.15) is 5.69 Å². The first kappa shape index (κ1) is 15.9. The summed E-state index contributed by atoms with van der Waals surface area (Å²) in [6.07, 6.45) is 0. The number of benzene rings is 2. The van der Waals surface area contributed by atoms with Gasteiger partial charge in [-0.15, -0.1) is 0 Å². The normalized spacial score (nSPS) is 13.6. The van der Waals surface area contributed by atoms with E-state index in [0.29, 0.717) is 39.7 Å². The monoisotopic (exact) mass is 380 g/mol. The van der Waals surface area contributed by atoms with Gasteiger partial charge in [-0.25, -0.2) is 4.98 Å². The number of nitrogens with zero attached hydrogens (tertiary/aromatic N) is 2. The van der Waals surface area contributed by atoms with Crippen LogP contribution in [0, 0.1) is 11.3 Å². The zero-order valence-electron chi connectivity index (χ0n) is 13.9. The van der Waals surface area contributed by atoms with Gasteiger partial charge in [-0.3, -0.25) is 0 Å². The van der Waals surface area contributed by atoms with Gasteiger partial charge in [-0.2, -0.15) is 5.26 Å².